The summed E-state index contributed by atoms with van der Waals surface area (Å²) < 4.78 is 1.98. The number of rotatable bonds is 3. The van der Waals surface area contributed by atoms with Crippen LogP contribution in [0.2, 0.25) is 0 Å². The Morgan fingerprint density at radius 2 is 2.05 bits per heavy atom. The third kappa shape index (κ3) is 2.54. The third-order valence-corrected chi connectivity index (χ3v) is 4.98. The maximum absolute atomic E-state index is 4.41. The lowest BCUT2D eigenvalue weighted by Gasteiger charge is -2.28. The summed E-state index contributed by atoms with van der Waals surface area (Å²) in [4.78, 5) is 4.41. The van der Waals surface area contributed by atoms with Crippen LogP contribution in [-0.4, -0.2) is 37.1 Å². The van der Waals surface area contributed by atoms with Crippen LogP contribution < -0.4 is 5.32 Å². The molecule has 1 aliphatic carbocycles. The van der Waals surface area contributed by atoms with Crippen LogP contribution in [0.3, 0.4) is 0 Å². The van der Waals surface area contributed by atoms with Gasteiger partial charge >= 0.3 is 0 Å². The molecule has 2 aromatic heterocycles. The van der Waals surface area contributed by atoms with Gasteiger partial charge in [0.2, 0.25) is 5.65 Å². The monoisotopic (exact) mass is 277 g/mol. The first-order valence-corrected chi connectivity index (χ1v) is 8.02. The summed E-state index contributed by atoms with van der Waals surface area (Å²) in [5.74, 6) is 1.75. The van der Waals surface area contributed by atoms with Crippen LogP contribution in [0.15, 0.2) is 12.4 Å². The molecule has 0 radical (unpaired) electrons. The zero-order valence-corrected chi connectivity index (χ0v) is 12.2. The highest BCUT2D eigenvalue weighted by Crippen LogP contribution is 2.28. The van der Waals surface area contributed by atoms with Crippen molar-refractivity contribution < 1.29 is 0 Å². The van der Waals surface area contributed by atoms with E-state index < -0.39 is 0 Å². The zero-order chi connectivity index (χ0) is 13.2. The van der Waals surface area contributed by atoms with Crippen molar-refractivity contribution in [3.05, 3.63) is 18.2 Å². The smallest absolute Gasteiger partial charge is 0.203 e. The Bertz CT molecular complexity index is 559. The number of thioether (sulfide) groups is 1. The lowest BCUT2D eigenvalue weighted by atomic mass is 9.95. The summed E-state index contributed by atoms with van der Waals surface area (Å²) in [7, 11) is 0. The highest BCUT2D eigenvalue weighted by molar-refractivity contribution is 7.99. The SMILES string of the molecule is CSC1CCC(Nc2nccn3c(C)nnc23)CC1. The summed E-state index contributed by atoms with van der Waals surface area (Å²) in [6, 6.07) is 0.513. The number of aryl methyl sites for hydroxylation is 1. The van der Waals surface area contributed by atoms with E-state index in [1.165, 1.54) is 25.7 Å². The van der Waals surface area contributed by atoms with E-state index in [-0.39, 0.29) is 0 Å². The molecule has 1 saturated carbocycles. The van der Waals surface area contributed by atoms with Crippen LogP contribution in [0, 0.1) is 6.92 Å². The van der Waals surface area contributed by atoms with Crippen LogP contribution in [0.5, 0.6) is 0 Å². The number of hydrogen-bond donors (Lipinski definition) is 1. The number of nitrogens with zero attached hydrogens (tertiary/aromatic N) is 4. The van der Waals surface area contributed by atoms with Gasteiger partial charge in [-0.15, -0.1) is 10.2 Å². The predicted molar refractivity (Wildman–Crippen MR) is 78.7 cm³/mol. The van der Waals surface area contributed by atoms with Crippen LogP contribution in [0.1, 0.15) is 31.5 Å². The molecule has 5 nitrogen and oxygen atoms in total. The molecule has 0 spiro atoms. The lowest BCUT2D eigenvalue weighted by molar-refractivity contribution is 0.472. The maximum atomic E-state index is 4.41. The number of fused-ring (bicyclic) bond motifs is 1. The second kappa shape index (κ2) is 5.36. The molecule has 0 amide bonds. The first-order chi connectivity index (χ1) is 9.28. The van der Waals surface area contributed by atoms with E-state index in [0.717, 1.165) is 22.5 Å². The summed E-state index contributed by atoms with van der Waals surface area (Å²) in [6.45, 7) is 1.95. The van der Waals surface area contributed by atoms with Gasteiger partial charge in [-0.3, -0.25) is 4.40 Å². The summed E-state index contributed by atoms with van der Waals surface area (Å²) >= 11 is 1.99. The Morgan fingerprint density at radius 3 is 2.79 bits per heavy atom. The highest BCUT2D eigenvalue weighted by atomic mass is 32.2. The van der Waals surface area contributed by atoms with E-state index in [0.29, 0.717) is 6.04 Å². The van der Waals surface area contributed by atoms with Crippen molar-refractivity contribution in [1.82, 2.24) is 19.6 Å². The molecule has 0 unspecified atom stereocenters. The normalized spacial score (nSPS) is 23.7. The Hall–Kier alpha value is -1.30. The second-order valence-corrected chi connectivity index (χ2v) is 6.21. The van der Waals surface area contributed by atoms with Gasteiger partial charge in [0, 0.05) is 23.7 Å². The molecule has 3 rings (SSSR count). The van der Waals surface area contributed by atoms with E-state index in [1.807, 2.05) is 29.3 Å². The van der Waals surface area contributed by atoms with Gasteiger partial charge in [-0.25, -0.2) is 4.98 Å². The van der Waals surface area contributed by atoms with Gasteiger partial charge in [-0.2, -0.15) is 11.8 Å². The van der Waals surface area contributed by atoms with Gasteiger partial charge in [0.1, 0.15) is 5.82 Å². The fourth-order valence-corrected chi connectivity index (χ4v) is 3.42. The van der Waals surface area contributed by atoms with Gasteiger partial charge in [-0.05, 0) is 38.9 Å². The molecule has 0 bridgehead atoms. The minimum atomic E-state index is 0.513. The molecule has 0 aliphatic heterocycles. The van der Waals surface area contributed by atoms with Crippen molar-refractivity contribution in [2.45, 2.75) is 43.9 Å². The highest BCUT2D eigenvalue weighted by Gasteiger charge is 2.21. The Labute approximate surface area is 117 Å². The van der Waals surface area contributed by atoms with Gasteiger partial charge in [-0.1, -0.05) is 0 Å². The van der Waals surface area contributed by atoms with Crippen LogP contribution in [0.25, 0.3) is 5.65 Å². The number of aromatic nitrogens is 4. The van der Waals surface area contributed by atoms with E-state index in [1.54, 1.807) is 6.20 Å². The van der Waals surface area contributed by atoms with Crippen LogP contribution in [-0.2, 0) is 0 Å². The molecule has 1 N–H and O–H groups in total. The first-order valence-electron chi connectivity index (χ1n) is 6.73. The first kappa shape index (κ1) is 12.7. The van der Waals surface area contributed by atoms with Gasteiger partial charge in [0.25, 0.3) is 0 Å². The van der Waals surface area contributed by atoms with Crippen molar-refractivity contribution in [1.29, 1.82) is 0 Å². The van der Waals surface area contributed by atoms with Crippen molar-refractivity contribution in [3.63, 3.8) is 0 Å². The lowest BCUT2D eigenvalue weighted by Crippen LogP contribution is -2.27. The molecule has 1 aliphatic rings. The third-order valence-electron chi connectivity index (χ3n) is 3.85. The van der Waals surface area contributed by atoms with Gasteiger partial charge in [0.05, 0.1) is 0 Å². The summed E-state index contributed by atoms with van der Waals surface area (Å²) in [5, 5.41) is 12.7. The number of hydrogen-bond acceptors (Lipinski definition) is 5. The van der Waals surface area contributed by atoms with E-state index in [9.17, 15) is 0 Å². The van der Waals surface area contributed by atoms with Gasteiger partial charge in [0.15, 0.2) is 5.82 Å². The average molecular weight is 277 g/mol. The van der Waals surface area contributed by atoms with Crippen LogP contribution in [0.4, 0.5) is 5.82 Å². The summed E-state index contributed by atoms with van der Waals surface area (Å²) in [6.07, 6.45) is 10.9. The molecule has 0 saturated heterocycles. The largest absolute Gasteiger partial charge is 0.364 e. The quantitative estimate of drug-likeness (QED) is 0.934. The maximum Gasteiger partial charge on any atom is 0.203 e. The van der Waals surface area contributed by atoms with E-state index in [2.05, 4.69) is 26.8 Å². The minimum absolute atomic E-state index is 0.513. The van der Waals surface area contributed by atoms with Crippen molar-refractivity contribution >= 4 is 23.2 Å². The number of anilines is 1. The standard InChI is InChI=1S/C13H19N5S/c1-9-16-17-13-12(14-7-8-18(9)13)15-10-3-5-11(19-2)6-4-10/h7-8,10-11H,3-6H2,1-2H3,(H,14,15). The van der Waals surface area contributed by atoms with E-state index in [4.69, 9.17) is 0 Å². The molecule has 6 heteroatoms. The van der Waals surface area contributed by atoms with E-state index >= 15 is 0 Å². The molecular formula is C13H19N5S. The molecule has 2 heterocycles. The molecule has 0 atom stereocenters. The topological polar surface area (TPSA) is 55.1 Å². The fraction of sp³-hybridized carbons (Fsp3) is 0.615. The predicted octanol–water partition coefficient (Wildman–Crippen LogP) is 2.52. The van der Waals surface area contributed by atoms with Gasteiger partial charge < -0.3 is 5.32 Å². The molecule has 0 aromatic carbocycles. The Balaban J connectivity index is 1.75. The minimum Gasteiger partial charge on any atom is -0.364 e. The Morgan fingerprint density at radius 1 is 1.26 bits per heavy atom. The van der Waals surface area contributed by atoms with Crippen molar-refractivity contribution in [3.8, 4) is 0 Å². The molecule has 2 aromatic rings. The van der Waals surface area contributed by atoms with Crippen LogP contribution >= 0.6 is 11.8 Å². The molecule has 19 heavy (non-hydrogen) atoms. The average Bonchev–Trinajstić information content (AvgIpc) is 2.83. The van der Waals surface area contributed by atoms with Crippen molar-refractivity contribution in [2.75, 3.05) is 11.6 Å². The molecule has 1 fully saturated rings. The Kier molecular flexibility index (Phi) is 3.59. The summed E-state index contributed by atoms with van der Waals surface area (Å²) in [5.41, 5.74) is 0.826. The fourth-order valence-electron chi connectivity index (χ4n) is 2.68. The zero-order valence-electron chi connectivity index (χ0n) is 11.3. The second-order valence-electron chi connectivity index (χ2n) is 5.07. The number of nitrogens with one attached hydrogen (secondary N) is 1. The molecule has 102 valence electrons. The molecular weight excluding hydrogens is 258 g/mol. The van der Waals surface area contributed by atoms with Crippen molar-refractivity contribution in [2.24, 2.45) is 0 Å².